The van der Waals surface area contributed by atoms with Crippen molar-refractivity contribution in [3.63, 3.8) is 0 Å². The molecule has 0 aliphatic rings. The van der Waals surface area contributed by atoms with Crippen LogP contribution >= 0.6 is 11.6 Å². The third-order valence-corrected chi connectivity index (χ3v) is 2.81. The van der Waals surface area contributed by atoms with Crippen molar-refractivity contribution < 1.29 is 8.42 Å². The minimum Gasteiger partial charge on any atom is -0.207 e. The van der Waals surface area contributed by atoms with Crippen molar-refractivity contribution in [1.82, 2.24) is 4.72 Å². The summed E-state index contributed by atoms with van der Waals surface area (Å²) in [6.07, 6.45) is 0. The summed E-state index contributed by atoms with van der Waals surface area (Å²) >= 11 is 5.12. The molecule has 0 fully saturated rings. The van der Waals surface area contributed by atoms with E-state index in [1.54, 1.807) is 18.2 Å². The molecule has 0 spiro atoms. The molecule has 1 rings (SSSR count). The van der Waals surface area contributed by atoms with Gasteiger partial charge in [0.25, 0.3) is 0 Å². The highest BCUT2D eigenvalue weighted by Crippen LogP contribution is 2.07. The summed E-state index contributed by atoms with van der Waals surface area (Å²) in [5, 5.41) is 0. The van der Waals surface area contributed by atoms with Gasteiger partial charge in [0.05, 0.1) is 4.90 Å². The van der Waals surface area contributed by atoms with Gasteiger partial charge in [0.2, 0.25) is 10.0 Å². The van der Waals surface area contributed by atoms with E-state index in [9.17, 15) is 8.42 Å². The van der Waals surface area contributed by atoms with Crippen LogP contribution in [0.15, 0.2) is 35.2 Å². The first kappa shape index (κ1) is 9.51. The Morgan fingerprint density at radius 1 is 1.25 bits per heavy atom. The molecule has 1 aromatic rings. The van der Waals surface area contributed by atoms with Crippen LogP contribution in [0.1, 0.15) is 0 Å². The van der Waals surface area contributed by atoms with Crippen molar-refractivity contribution in [3.8, 4) is 0 Å². The summed E-state index contributed by atoms with van der Waals surface area (Å²) in [6, 6.07) is 8.86. The molecule has 1 aromatic carbocycles. The lowest BCUT2D eigenvalue weighted by molar-refractivity contribution is 0.589. The number of benzene rings is 1. The van der Waals surface area contributed by atoms with E-state index in [2.05, 4.69) is 4.72 Å². The van der Waals surface area contributed by atoms with Gasteiger partial charge in [-0.05, 0) is 12.1 Å². The third kappa shape index (κ3) is 2.20. The van der Waals surface area contributed by atoms with Crippen LogP contribution in [0, 0.1) is 6.00 Å². The second-order valence-corrected chi connectivity index (χ2v) is 3.98. The maximum absolute atomic E-state index is 11.2. The van der Waals surface area contributed by atoms with Gasteiger partial charge in [-0.25, -0.2) is 8.42 Å². The van der Waals surface area contributed by atoms with E-state index in [0.717, 1.165) is 6.00 Å². The number of sulfonamides is 1. The second-order valence-electron chi connectivity index (χ2n) is 2.04. The summed E-state index contributed by atoms with van der Waals surface area (Å²) in [5.41, 5.74) is 0. The van der Waals surface area contributed by atoms with E-state index >= 15 is 0 Å². The highest BCUT2D eigenvalue weighted by Gasteiger charge is 2.10. The summed E-state index contributed by atoms with van der Waals surface area (Å²) in [7, 11) is -3.45. The molecule has 0 atom stereocenters. The molecule has 65 valence electrons. The standard InChI is InChI=1S/C7H7ClNO2S/c8-6-9-12(10,11)7-4-2-1-3-5-7/h1-6,9H. The second kappa shape index (κ2) is 3.89. The fourth-order valence-electron chi connectivity index (χ4n) is 0.726. The molecule has 5 heteroatoms. The smallest absolute Gasteiger partial charge is 0.207 e. The Kier molecular flexibility index (Phi) is 3.08. The van der Waals surface area contributed by atoms with Gasteiger partial charge in [0.15, 0.2) is 0 Å². The molecule has 1 N–H and O–H groups in total. The monoisotopic (exact) mass is 204 g/mol. The van der Waals surface area contributed by atoms with Crippen LogP contribution in [-0.2, 0) is 10.0 Å². The van der Waals surface area contributed by atoms with E-state index in [-0.39, 0.29) is 4.90 Å². The zero-order valence-electron chi connectivity index (χ0n) is 6.07. The van der Waals surface area contributed by atoms with Gasteiger partial charge in [-0.15, -0.1) is 11.6 Å². The molecule has 0 bridgehead atoms. The van der Waals surface area contributed by atoms with E-state index in [1.807, 2.05) is 0 Å². The molecular formula is C7H7ClNO2S. The Bertz CT molecular complexity index is 336. The molecule has 0 heterocycles. The van der Waals surface area contributed by atoms with Gasteiger partial charge >= 0.3 is 0 Å². The van der Waals surface area contributed by atoms with Gasteiger partial charge in [0.1, 0.15) is 6.00 Å². The Morgan fingerprint density at radius 3 is 2.33 bits per heavy atom. The van der Waals surface area contributed by atoms with Crippen LogP contribution in [0.25, 0.3) is 0 Å². The molecule has 0 aliphatic heterocycles. The molecule has 0 aromatic heterocycles. The lowest BCUT2D eigenvalue weighted by Gasteiger charge is -2.01. The van der Waals surface area contributed by atoms with Crippen LogP contribution in [0.5, 0.6) is 0 Å². The van der Waals surface area contributed by atoms with Gasteiger partial charge in [-0.1, -0.05) is 18.2 Å². The highest BCUT2D eigenvalue weighted by molar-refractivity contribution is 7.89. The molecule has 3 nitrogen and oxygen atoms in total. The van der Waals surface area contributed by atoms with E-state index < -0.39 is 10.0 Å². The van der Waals surface area contributed by atoms with Crippen molar-refractivity contribution in [2.45, 2.75) is 4.90 Å². The molecule has 0 saturated carbocycles. The number of halogens is 1. The minimum absolute atomic E-state index is 0.196. The number of hydrogen-bond acceptors (Lipinski definition) is 2. The maximum atomic E-state index is 11.2. The minimum atomic E-state index is -3.45. The highest BCUT2D eigenvalue weighted by atomic mass is 35.5. The average Bonchev–Trinajstić information content (AvgIpc) is 2.06. The molecule has 0 saturated heterocycles. The zero-order chi connectivity index (χ0) is 9.03. The molecule has 0 amide bonds. The van der Waals surface area contributed by atoms with E-state index in [4.69, 9.17) is 11.6 Å². The molecule has 1 radical (unpaired) electrons. The fraction of sp³-hybridized carbons (Fsp3) is 0. The summed E-state index contributed by atoms with van der Waals surface area (Å²) in [6.45, 7) is 0. The van der Waals surface area contributed by atoms with Crippen molar-refractivity contribution in [2.24, 2.45) is 0 Å². The number of rotatable bonds is 3. The van der Waals surface area contributed by atoms with Crippen LogP contribution in [-0.4, -0.2) is 8.42 Å². The fourth-order valence-corrected chi connectivity index (χ4v) is 1.85. The molecule has 12 heavy (non-hydrogen) atoms. The van der Waals surface area contributed by atoms with Gasteiger partial charge in [-0.2, -0.15) is 4.72 Å². The Balaban J connectivity index is 2.99. The predicted molar refractivity (Wildman–Crippen MR) is 46.9 cm³/mol. The normalized spacial score (nSPS) is 11.4. The Hall–Kier alpha value is -0.580. The summed E-state index contributed by atoms with van der Waals surface area (Å²) in [5.74, 6) is 0. The lowest BCUT2D eigenvalue weighted by atomic mass is 10.4. The lowest BCUT2D eigenvalue weighted by Crippen LogP contribution is -2.18. The quantitative estimate of drug-likeness (QED) is 0.755. The first-order valence-corrected chi connectivity index (χ1v) is 5.08. The van der Waals surface area contributed by atoms with Crippen LogP contribution < -0.4 is 4.72 Å². The summed E-state index contributed by atoms with van der Waals surface area (Å²) < 4.78 is 24.5. The van der Waals surface area contributed by atoms with Crippen molar-refractivity contribution in [3.05, 3.63) is 36.3 Å². The van der Waals surface area contributed by atoms with Crippen LogP contribution in [0.3, 0.4) is 0 Å². The first-order valence-electron chi connectivity index (χ1n) is 3.16. The number of hydrogen-bond donors (Lipinski definition) is 1. The molecular weight excluding hydrogens is 198 g/mol. The van der Waals surface area contributed by atoms with Crippen molar-refractivity contribution >= 4 is 21.6 Å². The predicted octanol–water partition coefficient (Wildman–Crippen LogP) is 1.32. The van der Waals surface area contributed by atoms with Crippen LogP contribution in [0.2, 0.25) is 0 Å². The third-order valence-electron chi connectivity index (χ3n) is 1.25. The average molecular weight is 205 g/mol. The van der Waals surface area contributed by atoms with Gasteiger partial charge in [0, 0.05) is 0 Å². The van der Waals surface area contributed by atoms with E-state index in [0.29, 0.717) is 0 Å². The van der Waals surface area contributed by atoms with Gasteiger partial charge in [-0.3, -0.25) is 0 Å². The largest absolute Gasteiger partial charge is 0.241 e. The number of nitrogens with one attached hydrogen (secondary N) is 1. The maximum Gasteiger partial charge on any atom is 0.241 e. The zero-order valence-corrected chi connectivity index (χ0v) is 7.64. The van der Waals surface area contributed by atoms with E-state index in [1.165, 1.54) is 12.1 Å². The molecule has 0 aliphatic carbocycles. The SMILES string of the molecule is O=S(=O)(N[CH]Cl)c1ccccc1. The first-order chi connectivity index (χ1) is 5.67. The Labute approximate surface area is 76.4 Å². The summed E-state index contributed by atoms with van der Waals surface area (Å²) in [4.78, 5) is 0.196. The topological polar surface area (TPSA) is 46.2 Å². The van der Waals surface area contributed by atoms with Crippen molar-refractivity contribution in [2.75, 3.05) is 0 Å². The Morgan fingerprint density at radius 2 is 1.83 bits per heavy atom. The molecule has 0 unspecified atom stereocenters. The van der Waals surface area contributed by atoms with Crippen LogP contribution in [0.4, 0.5) is 0 Å². The van der Waals surface area contributed by atoms with Gasteiger partial charge < -0.3 is 0 Å². The van der Waals surface area contributed by atoms with Crippen molar-refractivity contribution in [1.29, 1.82) is 0 Å².